The van der Waals surface area contributed by atoms with Crippen LogP contribution in [0.15, 0.2) is 24.3 Å². The monoisotopic (exact) mass is 254 g/mol. The molecule has 1 aromatic rings. The summed E-state index contributed by atoms with van der Waals surface area (Å²) in [5, 5.41) is 13.6. The van der Waals surface area contributed by atoms with Crippen molar-refractivity contribution in [1.82, 2.24) is 5.32 Å². The van der Waals surface area contributed by atoms with Gasteiger partial charge in [-0.05, 0) is 30.7 Å². The second kappa shape index (κ2) is 6.58. The number of aliphatic carboxylic acids is 1. The molecule has 0 spiro atoms. The molecule has 0 aromatic heterocycles. The fraction of sp³-hybridized carbons (Fsp3) is 0.333. The minimum absolute atomic E-state index is 0.353. The summed E-state index contributed by atoms with van der Waals surface area (Å²) in [5.41, 5.74) is 0.398. The molecule has 3 N–H and O–H groups in total. The molecule has 18 heavy (non-hydrogen) atoms. The Morgan fingerprint density at radius 3 is 2.44 bits per heavy atom. The lowest BCUT2D eigenvalue weighted by Gasteiger charge is -2.14. The number of carbonyl (C=O) groups excluding carboxylic acids is 1. The number of carbonyl (C=O) groups is 2. The largest absolute Gasteiger partial charge is 0.480 e. The molecule has 1 rings (SSSR count). The second-order valence-corrected chi connectivity index (χ2v) is 3.78. The van der Waals surface area contributed by atoms with E-state index >= 15 is 0 Å². The van der Waals surface area contributed by atoms with Crippen LogP contribution >= 0.6 is 0 Å². The summed E-state index contributed by atoms with van der Waals surface area (Å²) in [6, 6.07) is 3.65. The van der Waals surface area contributed by atoms with Gasteiger partial charge in [0.25, 0.3) is 0 Å². The third kappa shape index (κ3) is 4.40. The number of amides is 2. The Labute approximate surface area is 104 Å². The van der Waals surface area contributed by atoms with Crippen molar-refractivity contribution in [3.8, 4) is 0 Å². The number of anilines is 1. The standard InChI is InChI=1S/C12H15FN2O3/c1-2-3-10(11(16)17)15-12(18)14-9-6-4-8(13)5-7-9/h4-7,10H,2-3H2,1H3,(H,16,17)(H2,14,15,18)/t10-/m0/s1. The van der Waals surface area contributed by atoms with Gasteiger partial charge in [0.1, 0.15) is 11.9 Å². The maximum absolute atomic E-state index is 12.6. The van der Waals surface area contributed by atoms with E-state index in [-0.39, 0.29) is 0 Å². The zero-order chi connectivity index (χ0) is 13.5. The van der Waals surface area contributed by atoms with Crippen LogP contribution in [0.2, 0.25) is 0 Å². The van der Waals surface area contributed by atoms with Gasteiger partial charge in [-0.2, -0.15) is 0 Å². The second-order valence-electron chi connectivity index (χ2n) is 3.78. The van der Waals surface area contributed by atoms with Gasteiger partial charge in [-0.15, -0.1) is 0 Å². The molecule has 0 aliphatic rings. The summed E-state index contributed by atoms with van der Waals surface area (Å²) in [4.78, 5) is 22.3. The summed E-state index contributed by atoms with van der Waals surface area (Å²) in [5.74, 6) is -1.48. The molecule has 0 radical (unpaired) electrons. The quantitative estimate of drug-likeness (QED) is 0.753. The first-order chi connectivity index (χ1) is 8.52. The number of carboxylic acids is 1. The lowest BCUT2D eigenvalue weighted by molar-refractivity contribution is -0.139. The molecule has 0 saturated heterocycles. The summed E-state index contributed by atoms with van der Waals surface area (Å²) >= 11 is 0. The topological polar surface area (TPSA) is 78.4 Å². The molecule has 5 nitrogen and oxygen atoms in total. The maximum Gasteiger partial charge on any atom is 0.326 e. The van der Waals surface area contributed by atoms with Gasteiger partial charge in [0.2, 0.25) is 0 Å². The van der Waals surface area contributed by atoms with Crippen molar-refractivity contribution in [2.45, 2.75) is 25.8 Å². The SMILES string of the molecule is CCC[C@H](NC(=O)Nc1ccc(F)cc1)C(=O)O. The minimum atomic E-state index is -1.08. The average molecular weight is 254 g/mol. The normalized spacial score (nSPS) is 11.7. The number of urea groups is 1. The molecular formula is C12H15FN2O3. The molecule has 0 bridgehead atoms. The fourth-order valence-corrected chi connectivity index (χ4v) is 1.40. The first-order valence-corrected chi connectivity index (χ1v) is 5.58. The van der Waals surface area contributed by atoms with Crippen molar-refractivity contribution in [3.05, 3.63) is 30.1 Å². The van der Waals surface area contributed by atoms with Gasteiger partial charge < -0.3 is 15.7 Å². The van der Waals surface area contributed by atoms with Crippen LogP contribution < -0.4 is 10.6 Å². The molecule has 0 aliphatic carbocycles. The number of hydrogen-bond acceptors (Lipinski definition) is 2. The van der Waals surface area contributed by atoms with Gasteiger partial charge in [-0.1, -0.05) is 13.3 Å². The van der Waals surface area contributed by atoms with Crippen LogP contribution in [0.5, 0.6) is 0 Å². The van der Waals surface area contributed by atoms with Gasteiger partial charge in [0, 0.05) is 5.69 Å². The molecule has 0 unspecified atom stereocenters. The predicted octanol–water partition coefficient (Wildman–Crippen LogP) is 2.20. The van der Waals surface area contributed by atoms with E-state index in [1.54, 1.807) is 0 Å². The van der Waals surface area contributed by atoms with Gasteiger partial charge >= 0.3 is 12.0 Å². The van der Waals surface area contributed by atoms with Crippen LogP contribution in [0.25, 0.3) is 0 Å². The molecule has 0 saturated carbocycles. The van der Waals surface area contributed by atoms with Gasteiger partial charge in [-0.3, -0.25) is 0 Å². The molecule has 98 valence electrons. The fourth-order valence-electron chi connectivity index (χ4n) is 1.40. The zero-order valence-electron chi connectivity index (χ0n) is 9.94. The average Bonchev–Trinajstić information content (AvgIpc) is 2.31. The van der Waals surface area contributed by atoms with E-state index in [1.165, 1.54) is 24.3 Å². The Morgan fingerprint density at radius 2 is 1.94 bits per heavy atom. The number of halogens is 1. The van der Waals surface area contributed by atoms with Gasteiger partial charge in [0.15, 0.2) is 0 Å². The molecule has 0 aliphatic heterocycles. The van der Waals surface area contributed by atoms with Crippen molar-refractivity contribution in [2.24, 2.45) is 0 Å². The third-order valence-electron chi connectivity index (χ3n) is 2.28. The highest BCUT2D eigenvalue weighted by atomic mass is 19.1. The van der Waals surface area contributed by atoms with E-state index in [9.17, 15) is 14.0 Å². The Morgan fingerprint density at radius 1 is 1.33 bits per heavy atom. The maximum atomic E-state index is 12.6. The third-order valence-corrected chi connectivity index (χ3v) is 2.28. The van der Waals surface area contributed by atoms with Crippen LogP contribution in [0, 0.1) is 5.82 Å². The van der Waals surface area contributed by atoms with E-state index in [1.807, 2.05) is 6.92 Å². The Balaban J connectivity index is 2.54. The van der Waals surface area contributed by atoms with E-state index in [0.717, 1.165) is 0 Å². The Bertz CT molecular complexity index is 420. The van der Waals surface area contributed by atoms with Crippen LogP contribution in [0.4, 0.5) is 14.9 Å². The van der Waals surface area contributed by atoms with Crippen LogP contribution in [-0.2, 0) is 4.79 Å². The number of nitrogens with one attached hydrogen (secondary N) is 2. The van der Waals surface area contributed by atoms with Crippen molar-refractivity contribution in [3.63, 3.8) is 0 Å². The number of rotatable bonds is 5. The molecule has 2 amide bonds. The van der Waals surface area contributed by atoms with Crippen molar-refractivity contribution >= 4 is 17.7 Å². The summed E-state index contributed by atoms with van der Waals surface area (Å²) in [7, 11) is 0. The van der Waals surface area contributed by atoms with E-state index in [4.69, 9.17) is 5.11 Å². The molecule has 0 fully saturated rings. The predicted molar refractivity (Wildman–Crippen MR) is 64.9 cm³/mol. The zero-order valence-corrected chi connectivity index (χ0v) is 9.94. The molecule has 0 heterocycles. The van der Waals surface area contributed by atoms with Crippen LogP contribution in [0.1, 0.15) is 19.8 Å². The summed E-state index contributed by atoms with van der Waals surface area (Å²) < 4.78 is 12.6. The van der Waals surface area contributed by atoms with Crippen LogP contribution in [-0.4, -0.2) is 23.1 Å². The molecule has 1 aromatic carbocycles. The van der Waals surface area contributed by atoms with Crippen molar-refractivity contribution < 1.29 is 19.1 Å². The van der Waals surface area contributed by atoms with Crippen molar-refractivity contribution in [2.75, 3.05) is 5.32 Å². The van der Waals surface area contributed by atoms with Gasteiger partial charge in [-0.25, -0.2) is 14.0 Å². The first-order valence-electron chi connectivity index (χ1n) is 5.58. The molecular weight excluding hydrogens is 239 g/mol. The lowest BCUT2D eigenvalue weighted by atomic mass is 10.2. The highest BCUT2D eigenvalue weighted by Gasteiger charge is 2.18. The Hall–Kier alpha value is -2.11. The Kier molecular flexibility index (Phi) is 5.10. The van der Waals surface area contributed by atoms with Crippen LogP contribution in [0.3, 0.4) is 0 Å². The first kappa shape index (κ1) is 14.0. The minimum Gasteiger partial charge on any atom is -0.480 e. The summed E-state index contributed by atoms with van der Waals surface area (Å²) in [6.45, 7) is 1.83. The summed E-state index contributed by atoms with van der Waals surface area (Å²) in [6.07, 6.45) is 1.000. The molecule has 6 heteroatoms. The van der Waals surface area contributed by atoms with E-state index < -0.39 is 23.9 Å². The number of benzene rings is 1. The highest BCUT2D eigenvalue weighted by Crippen LogP contribution is 2.08. The molecule has 1 atom stereocenters. The number of hydrogen-bond donors (Lipinski definition) is 3. The van der Waals surface area contributed by atoms with E-state index in [2.05, 4.69) is 10.6 Å². The number of carboxylic acid groups (broad SMARTS) is 1. The lowest BCUT2D eigenvalue weighted by Crippen LogP contribution is -2.42. The van der Waals surface area contributed by atoms with E-state index in [0.29, 0.717) is 18.5 Å². The van der Waals surface area contributed by atoms with Crippen molar-refractivity contribution in [1.29, 1.82) is 0 Å². The highest BCUT2D eigenvalue weighted by molar-refractivity contribution is 5.92. The van der Waals surface area contributed by atoms with Gasteiger partial charge in [0.05, 0.1) is 0 Å². The smallest absolute Gasteiger partial charge is 0.326 e.